The molecule has 2 unspecified atom stereocenters. The van der Waals surface area contributed by atoms with Crippen LogP contribution < -0.4 is 5.32 Å². The van der Waals surface area contributed by atoms with Gasteiger partial charge in [-0.05, 0) is 47.5 Å². The van der Waals surface area contributed by atoms with Crippen LogP contribution in [0.1, 0.15) is 47.5 Å². The predicted molar refractivity (Wildman–Crippen MR) is 106 cm³/mol. The van der Waals surface area contributed by atoms with Crippen LogP contribution in [0.3, 0.4) is 0 Å². The summed E-state index contributed by atoms with van der Waals surface area (Å²) in [5, 5.41) is 3.42. The molecule has 1 aliphatic rings. The molecule has 0 spiro atoms. The third kappa shape index (κ3) is 7.81. The number of hydrogen-bond donors (Lipinski definition) is 1. The maximum atomic E-state index is 12.1. The van der Waals surface area contributed by atoms with Crippen LogP contribution in [-0.4, -0.2) is 80.4 Å². The molecular weight excluding hydrogens is 332 g/mol. The van der Waals surface area contributed by atoms with Crippen LogP contribution in [0.2, 0.25) is 0 Å². The summed E-state index contributed by atoms with van der Waals surface area (Å²) < 4.78 is 11.0. The standard InChI is InChI=1S/C19H38N4O3/c1-8-25-14-16-10-12-23(13-16)17(20-6)21-11-9-15(2)22(7)18(24)26-19(3,4)5/h15-16H,8-14H2,1-7H3,(H,20,21). The van der Waals surface area contributed by atoms with Crippen LogP contribution in [0.15, 0.2) is 4.99 Å². The first kappa shape index (κ1) is 22.5. The second-order valence-electron chi connectivity index (χ2n) is 7.96. The highest BCUT2D eigenvalue weighted by Gasteiger charge is 2.25. The van der Waals surface area contributed by atoms with Gasteiger partial charge in [0.1, 0.15) is 5.60 Å². The third-order valence-electron chi connectivity index (χ3n) is 4.54. The van der Waals surface area contributed by atoms with E-state index in [0.717, 1.165) is 51.6 Å². The zero-order valence-corrected chi connectivity index (χ0v) is 17.7. The second-order valence-corrected chi connectivity index (χ2v) is 7.96. The highest BCUT2D eigenvalue weighted by molar-refractivity contribution is 5.80. The molecule has 1 heterocycles. The van der Waals surface area contributed by atoms with Crippen molar-refractivity contribution in [1.82, 2.24) is 15.1 Å². The predicted octanol–water partition coefficient (Wildman–Crippen LogP) is 2.57. The van der Waals surface area contributed by atoms with E-state index in [9.17, 15) is 4.79 Å². The molecule has 1 amide bonds. The number of amides is 1. The number of guanidine groups is 1. The number of hydrogen-bond acceptors (Lipinski definition) is 4. The van der Waals surface area contributed by atoms with E-state index in [4.69, 9.17) is 9.47 Å². The van der Waals surface area contributed by atoms with Crippen LogP contribution in [0, 0.1) is 5.92 Å². The zero-order chi connectivity index (χ0) is 19.7. The van der Waals surface area contributed by atoms with Crippen LogP contribution in [0.5, 0.6) is 0 Å². The molecule has 0 aromatic heterocycles. The number of likely N-dealkylation sites (tertiary alicyclic amines) is 1. The van der Waals surface area contributed by atoms with Crippen molar-refractivity contribution in [2.45, 2.75) is 59.1 Å². The number of carbonyl (C=O) groups is 1. The quantitative estimate of drug-likeness (QED) is 0.551. The Kier molecular flexibility index (Phi) is 9.19. The van der Waals surface area contributed by atoms with E-state index in [0.29, 0.717) is 5.92 Å². The summed E-state index contributed by atoms with van der Waals surface area (Å²) in [6.45, 7) is 14.0. The molecule has 26 heavy (non-hydrogen) atoms. The fourth-order valence-corrected chi connectivity index (χ4v) is 2.88. The van der Waals surface area contributed by atoms with Gasteiger partial charge in [0.15, 0.2) is 5.96 Å². The van der Waals surface area contributed by atoms with Crippen LogP contribution in [-0.2, 0) is 9.47 Å². The number of ether oxygens (including phenoxy) is 2. The topological polar surface area (TPSA) is 66.4 Å². The number of carbonyl (C=O) groups excluding carboxylic acids is 1. The number of aliphatic imine (C=N–C) groups is 1. The molecule has 2 atom stereocenters. The molecule has 1 fully saturated rings. The number of nitrogens with zero attached hydrogens (tertiary/aromatic N) is 3. The van der Waals surface area contributed by atoms with Gasteiger partial charge in [-0.15, -0.1) is 0 Å². The van der Waals surface area contributed by atoms with Gasteiger partial charge >= 0.3 is 6.09 Å². The van der Waals surface area contributed by atoms with Crippen molar-refractivity contribution >= 4 is 12.1 Å². The molecule has 1 aliphatic heterocycles. The van der Waals surface area contributed by atoms with Crippen LogP contribution >= 0.6 is 0 Å². The van der Waals surface area contributed by atoms with Crippen molar-refractivity contribution in [3.8, 4) is 0 Å². The maximum Gasteiger partial charge on any atom is 0.410 e. The summed E-state index contributed by atoms with van der Waals surface area (Å²) in [7, 11) is 3.60. The second kappa shape index (κ2) is 10.6. The highest BCUT2D eigenvalue weighted by Crippen LogP contribution is 2.16. The van der Waals surface area contributed by atoms with E-state index in [1.165, 1.54) is 0 Å². The van der Waals surface area contributed by atoms with Crippen molar-refractivity contribution in [1.29, 1.82) is 0 Å². The Morgan fingerprint density at radius 1 is 1.42 bits per heavy atom. The summed E-state index contributed by atoms with van der Waals surface area (Å²) in [5.41, 5.74) is -0.473. The Bertz CT molecular complexity index is 462. The van der Waals surface area contributed by atoms with Gasteiger partial charge in [0.2, 0.25) is 0 Å². The Labute approximate surface area is 159 Å². The molecule has 1 N–H and O–H groups in total. The largest absolute Gasteiger partial charge is 0.444 e. The summed E-state index contributed by atoms with van der Waals surface area (Å²) in [4.78, 5) is 20.5. The van der Waals surface area contributed by atoms with E-state index in [2.05, 4.69) is 15.2 Å². The van der Waals surface area contributed by atoms with Crippen molar-refractivity contribution in [2.75, 3.05) is 46.9 Å². The van der Waals surface area contributed by atoms with E-state index in [-0.39, 0.29) is 12.1 Å². The minimum Gasteiger partial charge on any atom is -0.444 e. The van der Waals surface area contributed by atoms with Gasteiger partial charge in [-0.2, -0.15) is 0 Å². The Morgan fingerprint density at radius 2 is 2.12 bits per heavy atom. The van der Waals surface area contributed by atoms with Gasteiger partial charge in [-0.25, -0.2) is 4.79 Å². The van der Waals surface area contributed by atoms with E-state index in [1.54, 1.807) is 11.9 Å². The average molecular weight is 371 g/mol. The molecule has 7 nitrogen and oxygen atoms in total. The summed E-state index contributed by atoms with van der Waals surface area (Å²) in [5.74, 6) is 1.50. The maximum absolute atomic E-state index is 12.1. The van der Waals surface area contributed by atoms with Crippen molar-refractivity contribution < 1.29 is 14.3 Å². The lowest BCUT2D eigenvalue weighted by Crippen LogP contribution is -2.43. The van der Waals surface area contributed by atoms with Crippen molar-refractivity contribution in [2.24, 2.45) is 10.9 Å². The zero-order valence-electron chi connectivity index (χ0n) is 17.7. The summed E-state index contributed by atoms with van der Waals surface area (Å²) in [6.07, 6.45) is 1.68. The molecule has 1 rings (SSSR count). The smallest absolute Gasteiger partial charge is 0.410 e. The van der Waals surface area contributed by atoms with Gasteiger partial charge in [-0.1, -0.05) is 0 Å². The van der Waals surface area contributed by atoms with Gasteiger partial charge in [0, 0.05) is 52.3 Å². The summed E-state index contributed by atoms with van der Waals surface area (Å²) in [6, 6.07) is 0.0831. The Balaban J connectivity index is 2.37. The first-order valence-electron chi connectivity index (χ1n) is 9.67. The molecule has 152 valence electrons. The van der Waals surface area contributed by atoms with Crippen molar-refractivity contribution in [3.63, 3.8) is 0 Å². The van der Waals surface area contributed by atoms with Gasteiger partial charge in [0.25, 0.3) is 0 Å². The molecule has 1 saturated heterocycles. The lowest BCUT2D eigenvalue weighted by Gasteiger charge is -2.29. The molecule has 0 aliphatic carbocycles. The molecule has 0 bridgehead atoms. The first-order valence-corrected chi connectivity index (χ1v) is 9.67. The number of nitrogens with one attached hydrogen (secondary N) is 1. The highest BCUT2D eigenvalue weighted by atomic mass is 16.6. The van der Waals surface area contributed by atoms with Gasteiger partial charge in [-0.3, -0.25) is 4.99 Å². The monoisotopic (exact) mass is 370 g/mol. The lowest BCUT2D eigenvalue weighted by molar-refractivity contribution is 0.0230. The fourth-order valence-electron chi connectivity index (χ4n) is 2.88. The van der Waals surface area contributed by atoms with Crippen molar-refractivity contribution in [3.05, 3.63) is 0 Å². The number of rotatable bonds is 7. The van der Waals surface area contributed by atoms with E-state index < -0.39 is 5.60 Å². The molecular formula is C19H38N4O3. The molecule has 0 aromatic rings. The van der Waals surface area contributed by atoms with Crippen LogP contribution in [0.4, 0.5) is 4.79 Å². The Morgan fingerprint density at radius 3 is 2.69 bits per heavy atom. The SMILES string of the molecule is CCOCC1CCN(C(=NC)NCCC(C)N(C)C(=O)OC(C)(C)C)C1. The summed E-state index contributed by atoms with van der Waals surface area (Å²) >= 11 is 0. The minimum atomic E-state index is -0.473. The first-order chi connectivity index (χ1) is 12.2. The lowest BCUT2D eigenvalue weighted by atomic mass is 10.1. The van der Waals surface area contributed by atoms with Gasteiger partial charge < -0.3 is 24.6 Å². The molecule has 0 aromatic carbocycles. The molecule has 0 radical (unpaired) electrons. The van der Waals surface area contributed by atoms with E-state index >= 15 is 0 Å². The Hall–Kier alpha value is -1.50. The fraction of sp³-hybridized carbons (Fsp3) is 0.895. The van der Waals surface area contributed by atoms with Crippen LogP contribution in [0.25, 0.3) is 0 Å². The normalized spacial score (nSPS) is 19.4. The third-order valence-corrected chi connectivity index (χ3v) is 4.54. The van der Waals surface area contributed by atoms with E-state index in [1.807, 2.05) is 41.7 Å². The average Bonchev–Trinajstić information content (AvgIpc) is 3.03. The molecule has 7 heteroatoms. The van der Waals surface area contributed by atoms with Gasteiger partial charge in [0.05, 0.1) is 6.61 Å². The molecule has 0 saturated carbocycles. The minimum absolute atomic E-state index is 0.0831.